The van der Waals surface area contributed by atoms with E-state index in [9.17, 15) is 9.59 Å². The lowest BCUT2D eigenvalue weighted by atomic mass is 9.96. The number of allylic oxidation sites excluding steroid dienone is 1. The average Bonchev–Trinajstić information content (AvgIpc) is 3.12. The molecule has 1 aliphatic heterocycles. The lowest BCUT2D eigenvalue weighted by molar-refractivity contribution is -0.139. The monoisotopic (exact) mass is 590 g/mol. The minimum Gasteiger partial charge on any atom is -0.493 e. The summed E-state index contributed by atoms with van der Waals surface area (Å²) in [7, 11) is 3.16. The zero-order valence-electron chi connectivity index (χ0n) is 19.1. The van der Waals surface area contributed by atoms with Crippen molar-refractivity contribution in [2.24, 2.45) is 4.99 Å². The van der Waals surface area contributed by atoms with E-state index in [2.05, 4.69) is 27.6 Å². The number of rotatable bonds is 6. The van der Waals surface area contributed by atoms with Crippen LogP contribution < -0.4 is 24.4 Å². The maximum Gasteiger partial charge on any atom is 0.338 e. The largest absolute Gasteiger partial charge is 0.493 e. The van der Waals surface area contributed by atoms with Crippen molar-refractivity contribution in [2.75, 3.05) is 20.8 Å². The molecule has 0 N–H and O–H groups in total. The summed E-state index contributed by atoms with van der Waals surface area (Å²) in [6.07, 6.45) is 1.80. The van der Waals surface area contributed by atoms with Gasteiger partial charge in [0.05, 0.1) is 46.2 Å². The minimum atomic E-state index is -0.621. The van der Waals surface area contributed by atoms with Gasteiger partial charge in [-0.15, -0.1) is 0 Å². The molecule has 0 saturated heterocycles. The van der Waals surface area contributed by atoms with Crippen LogP contribution in [-0.4, -0.2) is 31.4 Å². The van der Waals surface area contributed by atoms with Gasteiger partial charge >= 0.3 is 5.97 Å². The van der Waals surface area contributed by atoms with Crippen molar-refractivity contribution < 1.29 is 19.0 Å². The first kappa shape index (κ1) is 24.2. The second-order valence-corrected chi connectivity index (χ2v) is 9.62. The Morgan fingerprint density at radius 2 is 1.94 bits per heavy atom. The van der Waals surface area contributed by atoms with Gasteiger partial charge in [-0.3, -0.25) is 9.36 Å². The van der Waals surface area contributed by atoms with Crippen LogP contribution in [-0.2, 0) is 9.53 Å². The summed E-state index contributed by atoms with van der Waals surface area (Å²) in [6, 6.07) is 12.6. The maximum atomic E-state index is 13.6. The smallest absolute Gasteiger partial charge is 0.338 e. The third kappa shape index (κ3) is 4.41. The summed E-state index contributed by atoms with van der Waals surface area (Å²) in [6.45, 7) is 3.76. The first-order chi connectivity index (χ1) is 16.4. The van der Waals surface area contributed by atoms with Crippen LogP contribution in [0, 0.1) is 3.57 Å². The van der Waals surface area contributed by atoms with Crippen LogP contribution in [0.3, 0.4) is 0 Å². The number of fused-ring (bicyclic) bond motifs is 1. The molecule has 1 aromatic heterocycles. The summed E-state index contributed by atoms with van der Waals surface area (Å²) >= 11 is 3.46. The highest BCUT2D eigenvalue weighted by Gasteiger charge is 2.33. The summed E-state index contributed by atoms with van der Waals surface area (Å²) in [5.74, 6) is 0.748. The highest BCUT2D eigenvalue weighted by molar-refractivity contribution is 14.1. The third-order valence-corrected chi connectivity index (χ3v) is 7.17. The SMILES string of the molecule is CCOC(=O)C1=C(C)N=c2s/c(=C/c3cc(I)c(OC)c(OC)c3)c(=O)n2[C@@H]1c1ccccc1. The van der Waals surface area contributed by atoms with Crippen molar-refractivity contribution in [3.63, 3.8) is 0 Å². The Hall–Kier alpha value is -2.92. The van der Waals surface area contributed by atoms with Gasteiger partial charge in [-0.05, 0) is 65.8 Å². The first-order valence-corrected chi connectivity index (χ1v) is 12.4. The first-order valence-electron chi connectivity index (χ1n) is 10.6. The van der Waals surface area contributed by atoms with Crippen LogP contribution in [0.25, 0.3) is 6.08 Å². The Bertz CT molecular complexity index is 1460. The van der Waals surface area contributed by atoms with E-state index < -0.39 is 12.0 Å². The molecule has 7 nitrogen and oxygen atoms in total. The Labute approximate surface area is 214 Å². The van der Waals surface area contributed by atoms with E-state index in [1.165, 1.54) is 11.3 Å². The number of thiazole rings is 1. The van der Waals surface area contributed by atoms with Gasteiger partial charge in [0.1, 0.15) is 0 Å². The third-order valence-electron chi connectivity index (χ3n) is 5.39. The summed E-state index contributed by atoms with van der Waals surface area (Å²) in [4.78, 5) is 31.7. The van der Waals surface area contributed by atoms with Gasteiger partial charge in [0.25, 0.3) is 5.56 Å². The molecule has 3 aromatic rings. The van der Waals surface area contributed by atoms with E-state index >= 15 is 0 Å². The predicted octanol–water partition coefficient (Wildman–Crippen LogP) is 3.42. The Kier molecular flexibility index (Phi) is 7.22. The number of aromatic nitrogens is 1. The van der Waals surface area contributed by atoms with Crippen molar-refractivity contribution in [3.8, 4) is 11.5 Å². The molecule has 0 bridgehead atoms. The number of carbonyl (C=O) groups is 1. The summed E-state index contributed by atoms with van der Waals surface area (Å²) < 4.78 is 19.1. The van der Waals surface area contributed by atoms with Gasteiger partial charge in [-0.25, -0.2) is 9.79 Å². The predicted molar refractivity (Wildman–Crippen MR) is 139 cm³/mol. The molecule has 9 heteroatoms. The minimum absolute atomic E-state index is 0.225. The number of halogens is 1. The van der Waals surface area contributed by atoms with Crippen molar-refractivity contribution in [1.29, 1.82) is 0 Å². The number of ether oxygens (including phenoxy) is 3. The molecule has 0 aliphatic carbocycles. The molecule has 2 heterocycles. The number of methoxy groups -OCH3 is 2. The fraction of sp³-hybridized carbons (Fsp3) is 0.240. The normalized spacial score (nSPS) is 15.6. The average molecular weight is 590 g/mol. The van der Waals surface area contributed by atoms with Gasteiger partial charge in [0.2, 0.25) is 0 Å². The van der Waals surface area contributed by atoms with Gasteiger partial charge in [0, 0.05) is 0 Å². The maximum absolute atomic E-state index is 13.6. The van der Waals surface area contributed by atoms with E-state index in [1.807, 2.05) is 42.5 Å². The number of esters is 1. The summed E-state index contributed by atoms with van der Waals surface area (Å²) in [5.41, 5.74) is 2.29. The molecule has 0 fully saturated rings. The van der Waals surface area contributed by atoms with E-state index in [-0.39, 0.29) is 12.2 Å². The zero-order chi connectivity index (χ0) is 24.4. The highest BCUT2D eigenvalue weighted by atomic mass is 127. The molecular weight excluding hydrogens is 567 g/mol. The molecule has 0 saturated carbocycles. The molecule has 0 radical (unpaired) electrons. The van der Waals surface area contributed by atoms with Crippen molar-refractivity contribution in [1.82, 2.24) is 4.57 Å². The number of benzene rings is 2. The van der Waals surface area contributed by atoms with Crippen LogP contribution in [0.1, 0.15) is 31.0 Å². The van der Waals surface area contributed by atoms with Crippen LogP contribution in [0.15, 0.2) is 63.5 Å². The van der Waals surface area contributed by atoms with Crippen molar-refractivity contribution in [2.45, 2.75) is 19.9 Å². The Morgan fingerprint density at radius 3 is 2.59 bits per heavy atom. The molecule has 0 unspecified atom stereocenters. The lowest BCUT2D eigenvalue weighted by Gasteiger charge is -2.24. The molecule has 176 valence electrons. The molecule has 0 spiro atoms. The lowest BCUT2D eigenvalue weighted by Crippen LogP contribution is -2.39. The number of carbonyl (C=O) groups excluding carboxylic acids is 1. The number of nitrogens with zero attached hydrogens (tertiary/aromatic N) is 2. The molecule has 4 rings (SSSR count). The second-order valence-electron chi connectivity index (χ2n) is 7.45. The van der Waals surface area contributed by atoms with E-state index in [0.29, 0.717) is 32.1 Å². The fourth-order valence-electron chi connectivity index (χ4n) is 3.91. The topological polar surface area (TPSA) is 79.1 Å². The second kappa shape index (κ2) is 10.1. The molecular formula is C25H23IN2O5S. The highest BCUT2D eigenvalue weighted by Crippen LogP contribution is 2.34. The Morgan fingerprint density at radius 1 is 1.21 bits per heavy atom. The molecule has 34 heavy (non-hydrogen) atoms. The molecule has 1 atom stereocenters. The quantitative estimate of drug-likeness (QED) is 0.325. The van der Waals surface area contributed by atoms with Crippen molar-refractivity contribution >= 4 is 46.0 Å². The molecule has 1 aliphatic rings. The van der Waals surface area contributed by atoms with Crippen LogP contribution in [0.2, 0.25) is 0 Å². The van der Waals surface area contributed by atoms with Crippen LogP contribution in [0.4, 0.5) is 0 Å². The Balaban J connectivity index is 1.94. The van der Waals surface area contributed by atoms with Gasteiger partial charge in [0.15, 0.2) is 16.3 Å². The zero-order valence-corrected chi connectivity index (χ0v) is 22.1. The van der Waals surface area contributed by atoms with Gasteiger partial charge in [-0.2, -0.15) is 0 Å². The van der Waals surface area contributed by atoms with Crippen molar-refractivity contribution in [3.05, 3.63) is 88.1 Å². The summed E-state index contributed by atoms with van der Waals surface area (Å²) in [5, 5.41) is 0. The molecule has 0 amide bonds. The van der Waals surface area contributed by atoms with Gasteiger partial charge in [-0.1, -0.05) is 41.7 Å². The van der Waals surface area contributed by atoms with E-state index in [0.717, 1.165) is 14.7 Å². The number of hydrogen-bond acceptors (Lipinski definition) is 7. The molecule has 2 aromatic carbocycles. The van der Waals surface area contributed by atoms with E-state index in [4.69, 9.17) is 14.2 Å². The van der Waals surface area contributed by atoms with Crippen LogP contribution >= 0.6 is 33.9 Å². The van der Waals surface area contributed by atoms with E-state index in [1.54, 1.807) is 38.7 Å². The van der Waals surface area contributed by atoms with Crippen LogP contribution in [0.5, 0.6) is 11.5 Å². The number of hydrogen-bond donors (Lipinski definition) is 0. The fourth-order valence-corrected chi connectivity index (χ4v) is 5.81. The van der Waals surface area contributed by atoms with Gasteiger partial charge < -0.3 is 14.2 Å². The standard InChI is InChI=1S/C25H23IN2O5S/c1-5-33-24(30)20-14(2)27-25-28(21(20)16-9-7-6-8-10-16)23(29)19(34-25)13-15-11-17(26)22(32-4)18(12-15)31-3/h6-13,21H,5H2,1-4H3/b19-13+/t21-/m1/s1.